The number of carbonyl (C=O) groups excluding carboxylic acids is 2. The van der Waals surface area contributed by atoms with Gasteiger partial charge in [-0.2, -0.15) is 0 Å². The minimum atomic E-state index is -0.339. The molecule has 3 rings (SSSR count). The zero-order valence-electron chi connectivity index (χ0n) is 18.0. The Hall–Kier alpha value is -2.83. The SMILES string of the molecule is CCCN(CC(=O)Nc1cc(Cl)ccc1Cl)C(=O)CCc1ncc(-c2ccc(C)cc2)o1. The predicted molar refractivity (Wildman–Crippen MR) is 127 cm³/mol. The maximum Gasteiger partial charge on any atom is 0.244 e. The predicted octanol–water partition coefficient (Wildman–Crippen LogP) is 5.77. The molecule has 1 N–H and O–H groups in total. The highest BCUT2D eigenvalue weighted by molar-refractivity contribution is 6.35. The fraction of sp³-hybridized carbons (Fsp3) is 0.292. The number of oxazole rings is 1. The Morgan fingerprint density at radius 2 is 1.88 bits per heavy atom. The second-order valence-electron chi connectivity index (χ2n) is 7.47. The van der Waals surface area contributed by atoms with E-state index in [0.29, 0.717) is 40.3 Å². The minimum Gasteiger partial charge on any atom is -0.441 e. The van der Waals surface area contributed by atoms with Crippen LogP contribution >= 0.6 is 23.2 Å². The number of nitrogens with one attached hydrogen (secondary N) is 1. The fourth-order valence-corrected chi connectivity index (χ4v) is 3.50. The van der Waals surface area contributed by atoms with Crippen molar-refractivity contribution in [3.8, 4) is 11.3 Å². The van der Waals surface area contributed by atoms with Crippen molar-refractivity contribution in [2.45, 2.75) is 33.1 Å². The Bertz CT molecular complexity index is 1080. The topological polar surface area (TPSA) is 75.4 Å². The normalized spacial score (nSPS) is 10.8. The van der Waals surface area contributed by atoms with Crippen LogP contribution in [0.25, 0.3) is 11.3 Å². The maximum atomic E-state index is 12.8. The molecule has 0 aliphatic heterocycles. The number of hydrogen-bond donors (Lipinski definition) is 1. The second-order valence-corrected chi connectivity index (χ2v) is 8.32. The van der Waals surface area contributed by atoms with Crippen LogP contribution in [-0.2, 0) is 16.0 Å². The molecule has 3 aromatic rings. The Kier molecular flexibility index (Phi) is 8.31. The van der Waals surface area contributed by atoms with Gasteiger partial charge in [0, 0.05) is 30.0 Å². The summed E-state index contributed by atoms with van der Waals surface area (Å²) in [5.74, 6) is 0.666. The number of hydrogen-bond acceptors (Lipinski definition) is 4. The van der Waals surface area contributed by atoms with Crippen LogP contribution in [0.2, 0.25) is 10.0 Å². The van der Waals surface area contributed by atoms with Crippen LogP contribution in [0.15, 0.2) is 53.1 Å². The lowest BCUT2D eigenvalue weighted by atomic mass is 10.1. The van der Waals surface area contributed by atoms with Gasteiger partial charge in [0.25, 0.3) is 0 Å². The molecule has 0 fully saturated rings. The summed E-state index contributed by atoms with van der Waals surface area (Å²) in [6.45, 7) is 4.37. The first kappa shape index (κ1) is 23.8. The molecular weight excluding hydrogens is 449 g/mol. The molecule has 0 spiro atoms. The highest BCUT2D eigenvalue weighted by Gasteiger charge is 2.18. The molecule has 2 amide bonds. The van der Waals surface area contributed by atoms with Gasteiger partial charge < -0.3 is 14.6 Å². The number of anilines is 1. The molecule has 1 heterocycles. The minimum absolute atomic E-state index is 0.0737. The lowest BCUT2D eigenvalue weighted by Crippen LogP contribution is -2.38. The molecule has 0 atom stereocenters. The summed E-state index contributed by atoms with van der Waals surface area (Å²) in [6.07, 6.45) is 2.94. The molecule has 1 aromatic heterocycles. The number of halogens is 2. The Morgan fingerprint density at radius 3 is 2.59 bits per heavy atom. The van der Waals surface area contributed by atoms with Gasteiger partial charge in [-0.1, -0.05) is 60.0 Å². The molecule has 0 bridgehead atoms. The highest BCUT2D eigenvalue weighted by atomic mass is 35.5. The number of nitrogens with zero attached hydrogens (tertiary/aromatic N) is 2. The van der Waals surface area contributed by atoms with E-state index in [1.54, 1.807) is 24.4 Å². The smallest absolute Gasteiger partial charge is 0.244 e. The molecule has 6 nitrogen and oxygen atoms in total. The van der Waals surface area contributed by atoms with E-state index < -0.39 is 0 Å². The van der Waals surface area contributed by atoms with E-state index in [9.17, 15) is 9.59 Å². The summed E-state index contributed by atoms with van der Waals surface area (Å²) in [7, 11) is 0. The van der Waals surface area contributed by atoms with Crippen LogP contribution in [0.4, 0.5) is 5.69 Å². The Morgan fingerprint density at radius 1 is 1.12 bits per heavy atom. The third-order valence-electron chi connectivity index (χ3n) is 4.83. The summed E-state index contributed by atoms with van der Waals surface area (Å²) in [5, 5.41) is 3.55. The molecule has 0 saturated carbocycles. The van der Waals surface area contributed by atoms with Gasteiger partial charge in [-0.3, -0.25) is 9.59 Å². The van der Waals surface area contributed by atoms with Crippen LogP contribution < -0.4 is 5.32 Å². The highest BCUT2D eigenvalue weighted by Crippen LogP contribution is 2.25. The van der Waals surface area contributed by atoms with Crippen molar-refractivity contribution in [2.75, 3.05) is 18.4 Å². The number of rotatable bonds is 9. The van der Waals surface area contributed by atoms with Crippen molar-refractivity contribution in [2.24, 2.45) is 0 Å². The van der Waals surface area contributed by atoms with E-state index in [-0.39, 0.29) is 24.8 Å². The van der Waals surface area contributed by atoms with Crippen molar-refractivity contribution in [3.63, 3.8) is 0 Å². The van der Waals surface area contributed by atoms with Crippen molar-refractivity contribution in [3.05, 3.63) is 70.2 Å². The summed E-state index contributed by atoms with van der Waals surface area (Å²) < 4.78 is 5.80. The van der Waals surface area contributed by atoms with Gasteiger partial charge in [-0.05, 0) is 31.5 Å². The van der Waals surface area contributed by atoms with E-state index in [0.717, 1.165) is 17.5 Å². The number of amides is 2. The summed E-state index contributed by atoms with van der Waals surface area (Å²) in [6, 6.07) is 12.8. The molecule has 32 heavy (non-hydrogen) atoms. The molecule has 8 heteroatoms. The van der Waals surface area contributed by atoms with Crippen molar-refractivity contribution in [1.29, 1.82) is 0 Å². The van der Waals surface area contributed by atoms with Crippen LogP contribution in [0.5, 0.6) is 0 Å². The molecule has 168 valence electrons. The largest absolute Gasteiger partial charge is 0.441 e. The second kappa shape index (κ2) is 11.2. The lowest BCUT2D eigenvalue weighted by molar-refractivity contribution is -0.134. The Labute approximate surface area is 197 Å². The van der Waals surface area contributed by atoms with E-state index in [4.69, 9.17) is 27.6 Å². The molecule has 0 radical (unpaired) electrons. The first-order valence-electron chi connectivity index (χ1n) is 10.4. The molecule has 0 aliphatic carbocycles. The third-order valence-corrected chi connectivity index (χ3v) is 5.39. The van der Waals surface area contributed by atoms with Gasteiger partial charge in [0.2, 0.25) is 11.8 Å². The average Bonchev–Trinajstić information content (AvgIpc) is 3.24. The average molecular weight is 474 g/mol. The summed E-state index contributed by atoms with van der Waals surface area (Å²) in [5.41, 5.74) is 2.51. The number of carbonyl (C=O) groups is 2. The van der Waals surface area contributed by atoms with Crippen molar-refractivity contribution >= 4 is 40.7 Å². The van der Waals surface area contributed by atoms with Crippen LogP contribution in [-0.4, -0.2) is 34.8 Å². The van der Waals surface area contributed by atoms with E-state index in [1.165, 1.54) is 4.90 Å². The molecule has 0 saturated heterocycles. The Balaban J connectivity index is 1.57. The van der Waals surface area contributed by atoms with Gasteiger partial charge >= 0.3 is 0 Å². The van der Waals surface area contributed by atoms with Crippen LogP contribution in [0, 0.1) is 6.92 Å². The van der Waals surface area contributed by atoms with E-state index >= 15 is 0 Å². The van der Waals surface area contributed by atoms with Crippen LogP contribution in [0.1, 0.15) is 31.2 Å². The van der Waals surface area contributed by atoms with E-state index in [1.807, 2.05) is 38.1 Å². The quantitative estimate of drug-likeness (QED) is 0.428. The number of benzene rings is 2. The standard InChI is InChI=1S/C24H25Cl2N3O3/c1-3-12-29(15-22(30)28-20-13-18(25)8-9-19(20)26)24(31)11-10-23-27-14-21(32-23)17-6-4-16(2)5-7-17/h4-9,13-14H,3,10-12,15H2,1-2H3,(H,28,30). The summed E-state index contributed by atoms with van der Waals surface area (Å²) >= 11 is 12.1. The van der Waals surface area contributed by atoms with Gasteiger partial charge in [0.15, 0.2) is 11.7 Å². The van der Waals surface area contributed by atoms with Crippen LogP contribution in [0.3, 0.4) is 0 Å². The first-order chi connectivity index (χ1) is 15.4. The monoisotopic (exact) mass is 473 g/mol. The van der Waals surface area contributed by atoms with Gasteiger partial charge in [0.1, 0.15) is 0 Å². The van der Waals surface area contributed by atoms with Gasteiger partial charge in [-0.25, -0.2) is 4.98 Å². The molecule has 0 aliphatic rings. The fourth-order valence-electron chi connectivity index (χ4n) is 3.17. The first-order valence-corrected chi connectivity index (χ1v) is 11.2. The van der Waals surface area contributed by atoms with E-state index in [2.05, 4.69) is 10.3 Å². The zero-order valence-corrected chi connectivity index (χ0v) is 19.5. The zero-order chi connectivity index (χ0) is 23.1. The van der Waals surface area contributed by atoms with Gasteiger partial charge in [0.05, 0.1) is 23.5 Å². The number of aromatic nitrogens is 1. The van der Waals surface area contributed by atoms with Gasteiger partial charge in [-0.15, -0.1) is 0 Å². The maximum absolute atomic E-state index is 12.8. The summed E-state index contributed by atoms with van der Waals surface area (Å²) in [4.78, 5) is 31.1. The molecule has 2 aromatic carbocycles. The molecular formula is C24H25Cl2N3O3. The lowest BCUT2D eigenvalue weighted by Gasteiger charge is -2.21. The van der Waals surface area contributed by atoms with Crippen molar-refractivity contribution < 1.29 is 14.0 Å². The number of aryl methyl sites for hydroxylation is 2. The third kappa shape index (κ3) is 6.58. The van der Waals surface area contributed by atoms with Crippen molar-refractivity contribution in [1.82, 2.24) is 9.88 Å². The molecule has 0 unspecified atom stereocenters.